The maximum Gasteiger partial charge on any atom is 0.301 e. The van der Waals surface area contributed by atoms with E-state index in [1.165, 1.54) is 18.6 Å². The average Bonchev–Trinajstić information content (AvgIpc) is 2.45. The molecular formula is C19H32O5S. The van der Waals surface area contributed by atoms with Crippen LogP contribution in [0.25, 0.3) is 0 Å². The van der Waals surface area contributed by atoms with Crippen LogP contribution < -0.4 is 0 Å². The Morgan fingerprint density at radius 2 is 1.64 bits per heavy atom. The zero-order chi connectivity index (χ0) is 19.0. The van der Waals surface area contributed by atoms with Gasteiger partial charge in [0, 0.05) is 0 Å². The molecule has 25 heavy (non-hydrogen) atoms. The van der Waals surface area contributed by atoms with Gasteiger partial charge in [-0.1, -0.05) is 51.3 Å². The average molecular weight is 373 g/mol. The Morgan fingerprint density at radius 1 is 1.04 bits per heavy atom. The van der Waals surface area contributed by atoms with Crippen molar-refractivity contribution >= 4 is 10.1 Å². The summed E-state index contributed by atoms with van der Waals surface area (Å²) in [5.41, 5.74) is 0.941. The molecule has 0 radical (unpaired) electrons. The Morgan fingerprint density at radius 3 is 2.20 bits per heavy atom. The summed E-state index contributed by atoms with van der Waals surface area (Å²) in [6, 6.07) is 6.22. The van der Waals surface area contributed by atoms with Gasteiger partial charge in [-0.3, -0.25) is 0 Å². The van der Waals surface area contributed by atoms with Gasteiger partial charge in [-0.2, -0.15) is 8.42 Å². The van der Waals surface area contributed by atoms with Crippen molar-refractivity contribution in [2.45, 2.75) is 77.8 Å². The summed E-state index contributed by atoms with van der Waals surface area (Å²) in [4.78, 5) is -0.00378. The molecule has 0 saturated heterocycles. The van der Waals surface area contributed by atoms with Gasteiger partial charge in [0.15, 0.2) is 0 Å². The van der Waals surface area contributed by atoms with E-state index in [2.05, 4.69) is 20.8 Å². The normalized spacial score (nSPS) is 16.0. The van der Waals surface area contributed by atoms with Crippen molar-refractivity contribution in [1.82, 2.24) is 0 Å². The highest BCUT2D eigenvalue weighted by Crippen LogP contribution is 2.20. The number of benzene rings is 1. The lowest BCUT2D eigenvalue weighted by atomic mass is 9.93. The van der Waals surface area contributed by atoms with Gasteiger partial charge in [0.25, 0.3) is 6.48 Å². The van der Waals surface area contributed by atoms with E-state index in [1.807, 2.05) is 6.92 Å². The smallest absolute Gasteiger partial charge is 0.301 e. The maximum absolute atomic E-state index is 12.1. The molecule has 0 fully saturated rings. The highest BCUT2D eigenvalue weighted by Gasteiger charge is 2.22. The molecule has 0 heterocycles. The molecule has 144 valence electrons. The Labute approximate surface area is 152 Å². The van der Waals surface area contributed by atoms with E-state index in [0.717, 1.165) is 24.8 Å². The molecule has 0 amide bonds. The van der Waals surface area contributed by atoms with Gasteiger partial charge in [0.05, 0.1) is 11.0 Å². The van der Waals surface area contributed by atoms with E-state index in [0.29, 0.717) is 11.8 Å². The molecule has 0 saturated carbocycles. The fraction of sp³-hybridized carbons (Fsp3) is 0.684. The predicted molar refractivity (Wildman–Crippen MR) is 98.5 cm³/mol. The lowest BCUT2D eigenvalue weighted by Crippen LogP contribution is -2.25. The third-order valence-electron chi connectivity index (χ3n) is 4.05. The van der Waals surface area contributed by atoms with Crippen molar-refractivity contribution in [1.29, 1.82) is 0 Å². The number of hydrogen-bond acceptors (Lipinski definition) is 5. The highest BCUT2D eigenvalue weighted by molar-refractivity contribution is 7.86. The molecule has 3 atom stereocenters. The van der Waals surface area contributed by atoms with Crippen molar-refractivity contribution in [3.8, 4) is 0 Å². The van der Waals surface area contributed by atoms with E-state index in [9.17, 15) is 13.5 Å². The minimum Gasteiger partial charge on any atom is -0.345 e. The van der Waals surface area contributed by atoms with Gasteiger partial charge in [-0.05, 0) is 50.7 Å². The molecule has 6 heteroatoms. The minimum atomic E-state index is -4.04. The first-order valence-corrected chi connectivity index (χ1v) is 10.3. The van der Waals surface area contributed by atoms with Crippen LogP contribution in [0, 0.1) is 18.8 Å². The fourth-order valence-corrected chi connectivity index (χ4v) is 3.68. The third-order valence-corrected chi connectivity index (χ3v) is 5.32. The van der Waals surface area contributed by atoms with E-state index >= 15 is 0 Å². The van der Waals surface area contributed by atoms with Crippen LogP contribution in [0.3, 0.4) is 0 Å². The standard InChI is InChI=1S/C19H32O5S/c1-14(2)13-16(4)7-6-8-17(5)23-19(20)24-25(21,22)18-11-9-15(3)10-12-18/h9-12,14,16-17,19-20H,6-8,13H2,1-5H3. The van der Waals surface area contributed by atoms with Crippen LogP contribution in [0.15, 0.2) is 29.2 Å². The molecule has 1 aromatic carbocycles. The maximum atomic E-state index is 12.1. The van der Waals surface area contributed by atoms with Crippen molar-refractivity contribution < 1.29 is 22.4 Å². The number of aryl methyl sites for hydroxylation is 1. The summed E-state index contributed by atoms with van der Waals surface area (Å²) >= 11 is 0. The van der Waals surface area contributed by atoms with E-state index in [-0.39, 0.29) is 11.0 Å². The second-order valence-corrected chi connectivity index (χ2v) is 8.85. The topological polar surface area (TPSA) is 72.8 Å². The Kier molecular flexibility index (Phi) is 9.07. The van der Waals surface area contributed by atoms with Gasteiger partial charge >= 0.3 is 10.1 Å². The second-order valence-electron chi connectivity index (χ2n) is 7.28. The Bertz CT molecular complexity index is 595. The van der Waals surface area contributed by atoms with Gasteiger partial charge in [0.2, 0.25) is 0 Å². The fourth-order valence-electron chi connectivity index (χ4n) is 2.83. The molecule has 5 nitrogen and oxygen atoms in total. The van der Waals surface area contributed by atoms with Crippen LogP contribution in [0.4, 0.5) is 0 Å². The summed E-state index contributed by atoms with van der Waals surface area (Å²) in [6.07, 6.45) is 3.70. The molecule has 0 aliphatic carbocycles. The van der Waals surface area contributed by atoms with E-state index < -0.39 is 16.6 Å². The van der Waals surface area contributed by atoms with Crippen molar-refractivity contribution in [3.05, 3.63) is 29.8 Å². The number of hydrogen-bond donors (Lipinski definition) is 1. The quantitative estimate of drug-likeness (QED) is 0.465. The number of rotatable bonds is 11. The van der Waals surface area contributed by atoms with Gasteiger partial charge in [-0.15, -0.1) is 0 Å². The lowest BCUT2D eigenvalue weighted by Gasteiger charge is -2.19. The van der Waals surface area contributed by atoms with Gasteiger partial charge < -0.3 is 9.84 Å². The summed E-state index contributed by atoms with van der Waals surface area (Å²) in [5.74, 6) is 1.33. The molecule has 0 bridgehead atoms. The van der Waals surface area contributed by atoms with E-state index in [1.54, 1.807) is 19.1 Å². The van der Waals surface area contributed by atoms with Crippen molar-refractivity contribution in [2.75, 3.05) is 0 Å². The SMILES string of the molecule is Cc1ccc(S(=O)(=O)OC(O)OC(C)CCCC(C)CC(C)C)cc1. The van der Waals surface area contributed by atoms with Gasteiger partial charge in [0.1, 0.15) is 0 Å². The molecule has 1 N–H and O–H groups in total. The number of aliphatic hydroxyl groups excluding tert-OH is 1. The summed E-state index contributed by atoms with van der Waals surface area (Å²) in [6.45, 7) is 8.53. The molecule has 1 aromatic rings. The van der Waals surface area contributed by atoms with Crippen LogP contribution in [-0.2, 0) is 19.0 Å². The summed E-state index contributed by atoms with van der Waals surface area (Å²) < 4.78 is 34.1. The summed E-state index contributed by atoms with van der Waals surface area (Å²) in [5, 5.41) is 9.77. The van der Waals surface area contributed by atoms with Crippen LogP contribution in [0.1, 0.15) is 58.9 Å². The van der Waals surface area contributed by atoms with Crippen LogP contribution >= 0.6 is 0 Å². The first-order chi connectivity index (χ1) is 11.6. The Hall–Kier alpha value is -0.950. The zero-order valence-corrected chi connectivity index (χ0v) is 16.8. The lowest BCUT2D eigenvalue weighted by molar-refractivity contribution is -0.235. The highest BCUT2D eigenvalue weighted by atomic mass is 32.2. The molecular weight excluding hydrogens is 340 g/mol. The first kappa shape index (κ1) is 22.1. The van der Waals surface area contributed by atoms with Crippen molar-refractivity contribution in [3.63, 3.8) is 0 Å². The molecule has 0 aliphatic heterocycles. The predicted octanol–water partition coefficient (Wildman–Crippen LogP) is 4.23. The van der Waals surface area contributed by atoms with Crippen LogP contribution in [-0.4, -0.2) is 26.1 Å². The van der Waals surface area contributed by atoms with Crippen molar-refractivity contribution in [2.24, 2.45) is 11.8 Å². The molecule has 3 unspecified atom stereocenters. The van der Waals surface area contributed by atoms with Crippen LogP contribution in [0.5, 0.6) is 0 Å². The minimum absolute atomic E-state index is 0.00378. The zero-order valence-electron chi connectivity index (χ0n) is 15.9. The Balaban J connectivity index is 2.39. The third kappa shape index (κ3) is 8.81. The number of ether oxygens (including phenoxy) is 1. The van der Waals surface area contributed by atoms with Gasteiger partial charge in [-0.25, -0.2) is 4.18 Å². The van der Waals surface area contributed by atoms with E-state index in [4.69, 9.17) is 8.92 Å². The monoisotopic (exact) mass is 372 g/mol. The molecule has 0 spiro atoms. The first-order valence-electron chi connectivity index (χ1n) is 8.93. The second kappa shape index (κ2) is 10.3. The summed E-state index contributed by atoms with van der Waals surface area (Å²) in [7, 11) is -4.04. The van der Waals surface area contributed by atoms with Crippen LogP contribution in [0.2, 0.25) is 0 Å². The molecule has 0 aliphatic rings. The molecule has 1 rings (SSSR count). The molecule has 0 aromatic heterocycles. The largest absolute Gasteiger partial charge is 0.345 e. The number of aliphatic hydroxyl groups is 1.